The van der Waals surface area contributed by atoms with Crippen LogP contribution < -0.4 is 10.5 Å². The third-order valence-corrected chi connectivity index (χ3v) is 5.70. The molecule has 1 heterocycles. The van der Waals surface area contributed by atoms with Crippen molar-refractivity contribution in [3.05, 3.63) is 52.5 Å². The number of nitrogens with two attached hydrogens (primary N) is 1. The Balaban J connectivity index is 1.67. The van der Waals surface area contributed by atoms with Crippen LogP contribution in [-0.4, -0.2) is 49.4 Å². The summed E-state index contributed by atoms with van der Waals surface area (Å²) in [5.41, 5.74) is 8.14. The summed E-state index contributed by atoms with van der Waals surface area (Å²) in [5, 5.41) is 7.47. The molecule has 3 rings (SSSR count). The SMILES string of the molecule is COC(=O)[C@H]1C[C@@H](COc2ccc(-c3ccc(C(=N)N)cc3)cc2Br)N(C)C1=O. The summed E-state index contributed by atoms with van der Waals surface area (Å²) in [7, 11) is 2.95. The summed E-state index contributed by atoms with van der Waals surface area (Å²) in [6.45, 7) is 0.279. The van der Waals surface area contributed by atoms with Crippen molar-refractivity contribution in [2.75, 3.05) is 20.8 Å². The number of rotatable bonds is 6. The molecule has 1 fully saturated rings. The Labute approximate surface area is 177 Å². The number of amides is 1. The summed E-state index contributed by atoms with van der Waals surface area (Å²) >= 11 is 3.53. The summed E-state index contributed by atoms with van der Waals surface area (Å²) in [6, 6.07) is 13.0. The number of hydrogen-bond donors (Lipinski definition) is 2. The normalized spacial score (nSPS) is 18.6. The van der Waals surface area contributed by atoms with Crippen LogP contribution in [0, 0.1) is 11.3 Å². The van der Waals surface area contributed by atoms with Crippen molar-refractivity contribution in [2.24, 2.45) is 11.7 Å². The van der Waals surface area contributed by atoms with Gasteiger partial charge in [0.05, 0.1) is 17.6 Å². The highest BCUT2D eigenvalue weighted by Crippen LogP contribution is 2.32. The van der Waals surface area contributed by atoms with Gasteiger partial charge in [0, 0.05) is 12.6 Å². The van der Waals surface area contributed by atoms with Gasteiger partial charge < -0.3 is 20.1 Å². The largest absolute Gasteiger partial charge is 0.490 e. The minimum absolute atomic E-state index is 0.0336. The predicted molar refractivity (Wildman–Crippen MR) is 113 cm³/mol. The number of nitrogens with zero attached hydrogens (tertiary/aromatic N) is 1. The molecule has 7 nitrogen and oxygen atoms in total. The van der Waals surface area contributed by atoms with Gasteiger partial charge in [-0.15, -0.1) is 0 Å². The van der Waals surface area contributed by atoms with Crippen molar-refractivity contribution in [1.29, 1.82) is 5.41 Å². The van der Waals surface area contributed by atoms with E-state index in [1.807, 2.05) is 30.3 Å². The first-order valence-corrected chi connectivity index (χ1v) is 9.82. The quantitative estimate of drug-likeness (QED) is 0.299. The maximum absolute atomic E-state index is 12.2. The number of amidine groups is 1. The van der Waals surface area contributed by atoms with Crippen molar-refractivity contribution in [3.8, 4) is 16.9 Å². The maximum atomic E-state index is 12.2. The van der Waals surface area contributed by atoms with Crippen molar-refractivity contribution in [2.45, 2.75) is 12.5 Å². The Morgan fingerprint density at radius 2 is 1.90 bits per heavy atom. The number of likely N-dealkylation sites (tertiary alicyclic amines) is 1. The van der Waals surface area contributed by atoms with Gasteiger partial charge in [-0.2, -0.15) is 0 Å². The van der Waals surface area contributed by atoms with Crippen LogP contribution in [0.2, 0.25) is 0 Å². The molecule has 0 unspecified atom stereocenters. The monoisotopic (exact) mass is 459 g/mol. The van der Waals surface area contributed by atoms with Crippen LogP contribution >= 0.6 is 15.9 Å². The summed E-state index contributed by atoms with van der Waals surface area (Å²) in [6.07, 6.45) is 0.375. The molecule has 152 valence electrons. The van der Waals surface area contributed by atoms with Crippen LogP contribution in [0.25, 0.3) is 11.1 Å². The van der Waals surface area contributed by atoms with Gasteiger partial charge in [0.15, 0.2) is 0 Å². The molecule has 0 aromatic heterocycles. The van der Waals surface area contributed by atoms with Gasteiger partial charge in [0.2, 0.25) is 5.91 Å². The van der Waals surface area contributed by atoms with Gasteiger partial charge in [-0.05, 0) is 45.6 Å². The maximum Gasteiger partial charge on any atom is 0.318 e. The number of halogens is 1. The van der Waals surface area contributed by atoms with E-state index in [1.165, 1.54) is 7.11 Å². The molecule has 1 aliphatic heterocycles. The first-order valence-electron chi connectivity index (χ1n) is 9.03. The van der Waals surface area contributed by atoms with Crippen LogP contribution in [0.5, 0.6) is 5.75 Å². The van der Waals surface area contributed by atoms with E-state index in [-0.39, 0.29) is 24.4 Å². The van der Waals surface area contributed by atoms with Gasteiger partial charge >= 0.3 is 5.97 Å². The van der Waals surface area contributed by atoms with Crippen molar-refractivity contribution >= 4 is 33.6 Å². The molecule has 2 atom stereocenters. The number of nitrogens with one attached hydrogen (secondary N) is 1. The van der Waals surface area contributed by atoms with E-state index in [1.54, 1.807) is 24.1 Å². The Morgan fingerprint density at radius 1 is 1.24 bits per heavy atom. The number of hydrogen-bond acceptors (Lipinski definition) is 5. The van der Waals surface area contributed by atoms with E-state index in [2.05, 4.69) is 15.9 Å². The first kappa shape index (κ1) is 20.9. The van der Waals surface area contributed by atoms with E-state index in [0.29, 0.717) is 17.7 Å². The second kappa shape index (κ2) is 8.65. The molecule has 1 amide bonds. The smallest absolute Gasteiger partial charge is 0.318 e. The molecule has 8 heteroatoms. The number of likely N-dealkylation sites (N-methyl/N-ethyl adjacent to an activating group) is 1. The topological polar surface area (TPSA) is 106 Å². The zero-order chi connectivity index (χ0) is 21.1. The minimum Gasteiger partial charge on any atom is -0.490 e. The van der Waals surface area contributed by atoms with Crippen molar-refractivity contribution < 1.29 is 19.1 Å². The van der Waals surface area contributed by atoms with Gasteiger partial charge in [0.25, 0.3) is 0 Å². The van der Waals surface area contributed by atoms with Gasteiger partial charge in [0.1, 0.15) is 24.1 Å². The third-order valence-electron chi connectivity index (χ3n) is 5.08. The number of carbonyl (C=O) groups excluding carboxylic acids is 2. The van der Waals surface area contributed by atoms with Crippen molar-refractivity contribution in [1.82, 2.24) is 4.90 Å². The summed E-state index contributed by atoms with van der Waals surface area (Å²) in [5.74, 6) is -0.829. The zero-order valence-electron chi connectivity index (χ0n) is 16.1. The van der Waals surface area contributed by atoms with Crippen LogP contribution in [0.3, 0.4) is 0 Å². The highest BCUT2D eigenvalue weighted by atomic mass is 79.9. The lowest BCUT2D eigenvalue weighted by Gasteiger charge is -2.20. The molecule has 0 spiro atoms. The second-order valence-corrected chi connectivity index (χ2v) is 7.72. The fourth-order valence-corrected chi connectivity index (χ4v) is 3.79. The Hall–Kier alpha value is -2.87. The standard InChI is InChI=1S/C21H22BrN3O4/c1-25-15(10-16(20(25)26)21(27)28-2)11-29-18-8-7-14(9-17(18)22)12-3-5-13(6-4-12)19(23)24/h3-9,15-16H,10-11H2,1-2H3,(H3,23,24)/t15-,16-/m0/s1. The fourth-order valence-electron chi connectivity index (χ4n) is 3.30. The number of nitrogen functional groups attached to an aromatic ring is 1. The molecular weight excluding hydrogens is 438 g/mol. The number of ether oxygens (including phenoxy) is 2. The lowest BCUT2D eigenvalue weighted by Crippen LogP contribution is -2.34. The average Bonchev–Trinajstić information content (AvgIpc) is 3.01. The highest BCUT2D eigenvalue weighted by molar-refractivity contribution is 9.10. The van der Waals surface area contributed by atoms with Gasteiger partial charge in [-0.25, -0.2) is 0 Å². The molecule has 1 aliphatic rings. The minimum atomic E-state index is -0.762. The van der Waals surface area contributed by atoms with Gasteiger partial charge in [-0.3, -0.25) is 15.0 Å². The lowest BCUT2D eigenvalue weighted by atomic mass is 10.0. The fraction of sp³-hybridized carbons (Fsp3) is 0.286. The summed E-state index contributed by atoms with van der Waals surface area (Å²) < 4.78 is 11.4. The summed E-state index contributed by atoms with van der Waals surface area (Å²) in [4.78, 5) is 25.5. The first-order chi connectivity index (χ1) is 13.8. The van der Waals surface area contributed by atoms with Gasteiger partial charge in [-0.1, -0.05) is 30.3 Å². The van der Waals surface area contributed by atoms with Crippen LogP contribution in [0.1, 0.15) is 12.0 Å². The Morgan fingerprint density at radius 3 is 2.48 bits per heavy atom. The molecule has 0 bridgehead atoms. The molecule has 0 aliphatic carbocycles. The number of carbonyl (C=O) groups is 2. The van der Waals surface area contributed by atoms with Crippen LogP contribution in [-0.2, 0) is 14.3 Å². The number of benzene rings is 2. The molecular formula is C21H22BrN3O4. The lowest BCUT2D eigenvalue weighted by molar-refractivity contribution is -0.150. The third kappa shape index (κ3) is 4.42. The van der Waals surface area contributed by atoms with E-state index in [0.717, 1.165) is 15.6 Å². The van der Waals surface area contributed by atoms with E-state index >= 15 is 0 Å². The molecule has 3 N–H and O–H groups in total. The van der Waals surface area contributed by atoms with Crippen LogP contribution in [0.4, 0.5) is 0 Å². The Kier molecular flexibility index (Phi) is 6.22. The molecule has 29 heavy (non-hydrogen) atoms. The van der Waals surface area contributed by atoms with Crippen LogP contribution in [0.15, 0.2) is 46.9 Å². The average molecular weight is 460 g/mol. The zero-order valence-corrected chi connectivity index (χ0v) is 17.7. The van der Waals surface area contributed by atoms with E-state index in [9.17, 15) is 9.59 Å². The molecule has 1 saturated heterocycles. The Bertz CT molecular complexity index is 945. The molecule has 0 saturated carbocycles. The second-order valence-electron chi connectivity index (χ2n) is 6.86. The highest BCUT2D eigenvalue weighted by Gasteiger charge is 2.42. The number of methoxy groups -OCH3 is 1. The molecule has 2 aromatic carbocycles. The van der Waals surface area contributed by atoms with Crippen molar-refractivity contribution in [3.63, 3.8) is 0 Å². The molecule has 0 radical (unpaired) electrons. The van der Waals surface area contributed by atoms with E-state index in [4.69, 9.17) is 20.6 Å². The molecule has 2 aromatic rings. The predicted octanol–water partition coefficient (Wildman–Crippen LogP) is 2.80. The number of esters is 1. The van der Waals surface area contributed by atoms with E-state index < -0.39 is 11.9 Å².